The first-order chi connectivity index (χ1) is 5.89. The summed E-state index contributed by atoms with van der Waals surface area (Å²) in [6.45, 7) is 5.35. The lowest BCUT2D eigenvalue weighted by Gasteiger charge is -2.52. The highest BCUT2D eigenvalue weighted by molar-refractivity contribution is 5.85. The lowest BCUT2D eigenvalue weighted by atomic mass is 9.72. The van der Waals surface area contributed by atoms with Crippen LogP contribution in [0.15, 0.2) is 0 Å². The van der Waals surface area contributed by atoms with Gasteiger partial charge in [0.15, 0.2) is 0 Å². The maximum Gasteiger partial charge on any atom is 0.0338 e. The van der Waals surface area contributed by atoms with E-state index in [1.165, 1.54) is 51.9 Å². The predicted octanol–water partition coefficient (Wildman–Crippen LogP) is 1.68. The second-order valence-electron chi connectivity index (χ2n) is 4.74. The summed E-state index contributed by atoms with van der Waals surface area (Å²) >= 11 is 0. The van der Waals surface area contributed by atoms with Crippen LogP contribution in [0.1, 0.15) is 25.7 Å². The van der Waals surface area contributed by atoms with Gasteiger partial charge in [0.25, 0.3) is 0 Å². The molecule has 84 valence electrons. The molecular formula is C10H20Cl2N2. The minimum Gasteiger partial charge on any atom is -0.310 e. The van der Waals surface area contributed by atoms with Gasteiger partial charge in [0, 0.05) is 12.1 Å². The van der Waals surface area contributed by atoms with Crippen LogP contribution in [0, 0.1) is 5.92 Å². The molecule has 14 heavy (non-hydrogen) atoms. The lowest BCUT2D eigenvalue weighted by Crippen LogP contribution is -2.63. The third-order valence-electron chi connectivity index (χ3n) is 4.15. The molecule has 0 aliphatic carbocycles. The topological polar surface area (TPSA) is 15.3 Å². The Morgan fingerprint density at radius 3 is 2.29 bits per heavy atom. The molecule has 1 atom stereocenters. The summed E-state index contributed by atoms with van der Waals surface area (Å²) in [5.74, 6) is 1.00. The molecule has 2 nitrogen and oxygen atoms in total. The molecule has 0 saturated carbocycles. The van der Waals surface area contributed by atoms with Crippen LogP contribution in [-0.2, 0) is 0 Å². The molecule has 4 rings (SSSR count). The van der Waals surface area contributed by atoms with Crippen LogP contribution in [0.2, 0.25) is 0 Å². The van der Waals surface area contributed by atoms with E-state index in [1.807, 2.05) is 0 Å². The number of hydrogen-bond donors (Lipinski definition) is 1. The molecule has 0 aromatic heterocycles. The Morgan fingerprint density at radius 1 is 1.14 bits per heavy atom. The summed E-state index contributed by atoms with van der Waals surface area (Å²) in [6, 6.07) is 0. The van der Waals surface area contributed by atoms with E-state index in [4.69, 9.17) is 0 Å². The number of rotatable bonds is 0. The average Bonchev–Trinajstić information content (AvgIpc) is 2.55. The van der Waals surface area contributed by atoms with E-state index in [0.717, 1.165) is 5.92 Å². The van der Waals surface area contributed by atoms with Gasteiger partial charge in [-0.2, -0.15) is 0 Å². The summed E-state index contributed by atoms with van der Waals surface area (Å²) in [6.07, 6.45) is 5.75. The van der Waals surface area contributed by atoms with E-state index in [0.29, 0.717) is 5.54 Å². The maximum atomic E-state index is 3.76. The quantitative estimate of drug-likeness (QED) is 0.691. The Balaban J connectivity index is 0.000000490. The molecule has 0 aromatic rings. The van der Waals surface area contributed by atoms with Crippen molar-refractivity contribution in [2.24, 2.45) is 5.92 Å². The summed E-state index contributed by atoms with van der Waals surface area (Å²) in [7, 11) is 0. The first-order valence-electron chi connectivity index (χ1n) is 5.36. The molecule has 0 aromatic carbocycles. The minimum absolute atomic E-state index is 0. The molecule has 0 amide bonds. The Morgan fingerprint density at radius 2 is 1.86 bits per heavy atom. The van der Waals surface area contributed by atoms with E-state index < -0.39 is 0 Å². The first kappa shape index (κ1) is 12.6. The summed E-state index contributed by atoms with van der Waals surface area (Å²) in [4.78, 5) is 2.65. The molecule has 4 saturated heterocycles. The number of piperidine rings is 3. The smallest absolute Gasteiger partial charge is 0.0338 e. The van der Waals surface area contributed by atoms with E-state index in [-0.39, 0.29) is 24.8 Å². The van der Waals surface area contributed by atoms with Gasteiger partial charge in [-0.25, -0.2) is 0 Å². The number of hydrogen-bond acceptors (Lipinski definition) is 2. The third-order valence-corrected chi connectivity index (χ3v) is 4.15. The average molecular weight is 239 g/mol. The summed E-state index contributed by atoms with van der Waals surface area (Å²) in [5, 5.41) is 3.76. The minimum atomic E-state index is 0. The molecule has 4 aliphatic rings. The SMILES string of the molecule is C1CNC2(C1)CN1CCC2CC1.Cl.Cl. The van der Waals surface area contributed by atoms with Crippen LogP contribution in [0.3, 0.4) is 0 Å². The van der Waals surface area contributed by atoms with Crippen molar-refractivity contribution in [3.8, 4) is 0 Å². The number of nitrogens with zero attached hydrogens (tertiary/aromatic N) is 1. The Hall–Kier alpha value is 0.500. The normalized spacial score (nSPS) is 44.6. The molecule has 2 bridgehead atoms. The van der Waals surface area contributed by atoms with Gasteiger partial charge in [0.1, 0.15) is 0 Å². The van der Waals surface area contributed by atoms with Crippen molar-refractivity contribution in [2.45, 2.75) is 31.2 Å². The van der Waals surface area contributed by atoms with Gasteiger partial charge >= 0.3 is 0 Å². The van der Waals surface area contributed by atoms with E-state index in [9.17, 15) is 0 Å². The van der Waals surface area contributed by atoms with Crippen LogP contribution in [0.4, 0.5) is 0 Å². The zero-order valence-corrected chi connectivity index (χ0v) is 10.1. The number of nitrogens with one attached hydrogen (secondary N) is 1. The maximum absolute atomic E-state index is 3.76. The van der Waals surface area contributed by atoms with Gasteiger partial charge < -0.3 is 10.2 Å². The van der Waals surface area contributed by atoms with E-state index in [1.54, 1.807) is 0 Å². The second-order valence-corrected chi connectivity index (χ2v) is 4.74. The van der Waals surface area contributed by atoms with Gasteiger partial charge in [0.05, 0.1) is 0 Å². The summed E-state index contributed by atoms with van der Waals surface area (Å²) < 4.78 is 0. The van der Waals surface area contributed by atoms with Crippen molar-refractivity contribution >= 4 is 24.8 Å². The molecule has 1 spiro atoms. The van der Waals surface area contributed by atoms with Crippen molar-refractivity contribution in [3.63, 3.8) is 0 Å². The highest BCUT2D eigenvalue weighted by atomic mass is 35.5. The number of halogens is 2. The third kappa shape index (κ3) is 1.78. The van der Waals surface area contributed by atoms with E-state index >= 15 is 0 Å². The first-order valence-corrected chi connectivity index (χ1v) is 5.36. The van der Waals surface area contributed by atoms with Crippen molar-refractivity contribution < 1.29 is 0 Å². The van der Waals surface area contributed by atoms with Crippen LogP contribution >= 0.6 is 24.8 Å². The van der Waals surface area contributed by atoms with Gasteiger partial charge in [-0.15, -0.1) is 24.8 Å². The fraction of sp³-hybridized carbons (Fsp3) is 1.00. The largest absolute Gasteiger partial charge is 0.310 e. The van der Waals surface area contributed by atoms with Gasteiger partial charge in [-0.1, -0.05) is 0 Å². The molecular weight excluding hydrogens is 219 g/mol. The zero-order valence-electron chi connectivity index (χ0n) is 8.50. The molecule has 1 unspecified atom stereocenters. The highest BCUT2D eigenvalue weighted by Gasteiger charge is 2.47. The van der Waals surface area contributed by atoms with Crippen molar-refractivity contribution in [1.29, 1.82) is 0 Å². The van der Waals surface area contributed by atoms with Gasteiger partial charge in [-0.05, 0) is 51.2 Å². The van der Waals surface area contributed by atoms with Gasteiger partial charge in [0.2, 0.25) is 0 Å². The summed E-state index contributed by atoms with van der Waals surface area (Å²) in [5.41, 5.74) is 0.566. The number of fused-ring (bicyclic) bond motifs is 2. The monoisotopic (exact) mass is 238 g/mol. The Bertz CT molecular complexity index is 185. The van der Waals surface area contributed by atoms with Crippen LogP contribution < -0.4 is 5.32 Å². The molecule has 4 heterocycles. The fourth-order valence-corrected chi connectivity index (χ4v) is 3.48. The molecule has 0 radical (unpaired) electrons. The van der Waals surface area contributed by atoms with Gasteiger partial charge in [-0.3, -0.25) is 0 Å². The molecule has 1 N–H and O–H groups in total. The van der Waals surface area contributed by atoms with Crippen LogP contribution in [0.25, 0.3) is 0 Å². The zero-order chi connectivity index (χ0) is 8.02. The van der Waals surface area contributed by atoms with Crippen molar-refractivity contribution in [2.75, 3.05) is 26.2 Å². The van der Waals surface area contributed by atoms with Crippen LogP contribution in [0.5, 0.6) is 0 Å². The predicted molar refractivity (Wildman–Crippen MR) is 63.6 cm³/mol. The molecule has 4 aliphatic heterocycles. The second kappa shape index (κ2) is 4.56. The Kier molecular flexibility index (Phi) is 4.10. The standard InChI is InChI=1S/C10H18N2.2ClH/c1-4-10(11-5-1)8-12-6-2-9(10)3-7-12;;/h9,11H,1-8H2;2*1H. The Labute approximate surface area is 98.6 Å². The van der Waals surface area contributed by atoms with Crippen molar-refractivity contribution in [1.82, 2.24) is 10.2 Å². The van der Waals surface area contributed by atoms with Crippen molar-refractivity contribution in [3.05, 3.63) is 0 Å². The van der Waals surface area contributed by atoms with E-state index in [2.05, 4.69) is 10.2 Å². The molecule has 4 fully saturated rings. The fourth-order valence-electron chi connectivity index (χ4n) is 3.48. The highest BCUT2D eigenvalue weighted by Crippen LogP contribution is 2.40. The lowest BCUT2D eigenvalue weighted by molar-refractivity contribution is 0.0171. The molecule has 4 heteroatoms. The van der Waals surface area contributed by atoms with Crippen LogP contribution in [-0.4, -0.2) is 36.6 Å².